The fourth-order valence-corrected chi connectivity index (χ4v) is 4.00. The standard InChI is InChI=1S/C23H20N2OS/c1-2-18-21(23(26)24-15-17-11-8-14-27-17)19-12-6-7-13-20(19)25-22(18)16-9-4-3-5-10-16/h3-14H,2,15H2,1H3,(H,24,26). The summed E-state index contributed by atoms with van der Waals surface area (Å²) >= 11 is 1.65. The molecule has 0 saturated heterocycles. The third-order valence-corrected chi connectivity index (χ3v) is 5.50. The average molecular weight is 372 g/mol. The van der Waals surface area contributed by atoms with Gasteiger partial charge in [0.05, 0.1) is 23.3 Å². The van der Waals surface area contributed by atoms with Gasteiger partial charge in [0.2, 0.25) is 0 Å². The molecule has 0 fully saturated rings. The number of amides is 1. The summed E-state index contributed by atoms with van der Waals surface area (Å²) in [5.74, 6) is -0.0453. The maximum Gasteiger partial charge on any atom is 0.252 e. The Labute approximate surface area is 162 Å². The minimum atomic E-state index is -0.0453. The van der Waals surface area contributed by atoms with E-state index in [0.717, 1.165) is 44.6 Å². The lowest BCUT2D eigenvalue weighted by Gasteiger charge is -2.16. The zero-order valence-electron chi connectivity index (χ0n) is 15.1. The molecule has 0 radical (unpaired) electrons. The van der Waals surface area contributed by atoms with Crippen molar-refractivity contribution < 1.29 is 4.79 Å². The Morgan fingerprint density at radius 1 is 1.00 bits per heavy atom. The van der Waals surface area contributed by atoms with Gasteiger partial charge >= 0.3 is 0 Å². The molecule has 1 N–H and O–H groups in total. The molecule has 4 aromatic rings. The van der Waals surface area contributed by atoms with Crippen molar-refractivity contribution in [3.8, 4) is 11.3 Å². The van der Waals surface area contributed by atoms with Crippen LogP contribution in [0.2, 0.25) is 0 Å². The number of nitrogens with zero attached hydrogens (tertiary/aromatic N) is 1. The summed E-state index contributed by atoms with van der Waals surface area (Å²) in [6.07, 6.45) is 0.740. The lowest BCUT2D eigenvalue weighted by atomic mass is 9.94. The van der Waals surface area contributed by atoms with Crippen molar-refractivity contribution in [1.29, 1.82) is 0 Å². The van der Waals surface area contributed by atoms with Crippen LogP contribution >= 0.6 is 11.3 Å². The summed E-state index contributed by atoms with van der Waals surface area (Å²) in [6.45, 7) is 2.62. The van der Waals surface area contributed by atoms with E-state index >= 15 is 0 Å². The number of carbonyl (C=O) groups excluding carboxylic acids is 1. The molecule has 2 heterocycles. The van der Waals surface area contributed by atoms with E-state index in [-0.39, 0.29) is 5.91 Å². The molecule has 0 aliphatic rings. The largest absolute Gasteiger partial charge is 0.347 e. The van der Waals surface area contributed by atoms with Crippen molar-refractivity contribution in [2.24, 2.45) is 0 Å². The first-order chi connectivity index (χ1) is 13.3. The number of pyridine rings is 1. The third kappa shape index (κ3) is 3.49. The third-order valence-electron chi connectivity index (χ3n) is 4.62. The zero-order valence-corrected chi connectivity index (χ0v) is 15.9. The van der Waals surface area contributed by atoms with Gasteiger partial charge in [-0.05, 0) is 29.5 Å². The molecule has 0 atom stereocenters. The Morgan fingerprint density at radius 3 is 2.52 bits per heavy atom. The number of carbonyl (C=O) groups is 1. The lowest BCUT2D eigenvalue weighted by Crippen LogP contribution is -2.24. The fraction of sp³-hybridized carbons (Fsp3) is 0.130. The van der Waals surface area contributed by atoms with Gasteiger partial charge in [-0.2, -0.15) is 0 Å². The molecule has 4 heteroatoms. The van der Waals surface area contributed by atoms with Crippen molar-refractivity contribution in [3.63, 3.8) is 0 Å². The zero-order chi connectivity index (χ0) is 18.6. The SMILES string of the molecule is CCc1c(-c2ccccc2)nc2ccccc2c1C(=O)NCc1cccs1. The van der Waals surface area contributed by atoms with Gasteiger partial charge in [0.25, 0.3) is 5.91 Å². The minimum absolute atomic E-state index is 0.0453. The Hall–Kier alpha value is -2.98. The van der Waals surface area contributed by atoms with Crippen molar-refractivity contribution in [3.05, 3.63) is 88.1 Å². The Kier molecular flexibility index (Phi) is 4.99. The maximum atomic E-state index is 13.2. The van der Waals surface area contributed by atoms with E-state index < -0.39 is 0 Å². The van der Waals surface area contributed by atoms with Crippen LogP contribution in [0.1, 0.15) is 27.7 Å². The fourth-order valence-electron chi connectivity index (χ4n) is 3.36. The van der Waals surface area contributed by atoms with Gasteiger partial charge in [0.15, 0.2) is 0 Å². The number of para-hydroxylation sites is 1. The van der Waals surface area contributed by atoms with Gasteiger partial charge in [-0.3, -0.25) is 4.79 Å². The second kappa shape index (κ2) is 7.72. The second-order valence-corrected chi connectivity index (χ2v) is 7.34. The summed E-state index contributed by atoms with van der Waals surface area (Å²) < 4.78 is 0. The normalized spacial score (nSPS) is 10.9. The predicted octanol–water partition coefficient (Wildman–Crippen LogP) is 5.46. The Bertz CT molecular complexity index is 1070. The van der Waals surface area contributed by atoms with Gasteiger partial charge in [0.1, 0.15) is 0 Å². The van der Waals surface area contributed by atoms with Crippen LogP contribution < -0.4 is 5.32 Å². The van der Waals surface area contributed by atoms with Crippen LogP contribution in [0.4, 0.5) is 0 Å². The molecule has 27 heavy (non-hydrogen) atoms. The Balaban J connectivity index is 1.85. The maximum absolute atomic E-state index is 13.2. The van der Waals surface area contributed by atoms with Gasteiger partial charge < -0.3 is 5.32 Å². The highest BCUT2D eigenvalue weighted by Crippen LogP contribution is 2.30. The second-order valence-electron chi connectivity index (χ2n) is 6.31. The number of nitrogens with one attached hydrogen (secondary N) is 1. The van der Waals surface area contributed by atoms with Gasteiger partial charge in [-0.15, -0.1) is 11.3 Å². The van der Waals surface area contributed by atoms with Crippen molar-refractivity contribution in [2.45, 2.75) is 19.9 Å². The van der Waals surface area contributed by atoms with Crippen LogP contribution in [0.3, 0.4) is 0 Å². The van der Waals surface area contributed by atoms with E-state index in [4.69, 9.17) is 4.98 Å². The van der Waals surface area contributed by atoms with E-state index in [1.54, 1.807) is 11.3 Å². The molecular formula is C23H20N2OS. The molecule has 4 rings (SSSR count). The van der Waals surface area contributed by atoms with Crippen LogP contribution in [-0.4, -0.2) is 10.9 Å². The first-order valence-corrected chi connectivity index (χ1v) is 9.93. The minimum Gasteiger partial charge on any atom is -0.347 e. The van der Waals surface area contributed by atoms with Crippen molar-refractivity contribution >= 4 is 28.1 Å². The number of thiophene rings is 1. The molecule has 3 nitrogen and oxygen atoms in total. The van der Waals surface area contributed by atoms with E-state index in [0.29, 0.717) is 6.54 Å². The molecule has 0 bridgehead atoms. The molecule has 1 amide bonds. The highest BCUT2D eigenvalue weighted by atomic mass is 32.1. The van der Waals surface area contributed by atoms with Gasteiger partial charge in [0, 0.05) is 15.8 Å². The van der Waals surface area contributed by atoms with Crippen molar-refractivity contribution in [1.82, 2.24) is 10.3 Å². The molecule has 0 saturated carbocycles. The molecule has 134 valence electrons. The van der Waals surface area contributed by atoms with Gasteiger partial charge in [-0.25, -0.2) is 4.98 Å². The molecule has 0 aliphatic carbocycles. The van der Waals surface area contributed by atoms with Crippen LogP contribution in [0.25, 0.3) is 22.2 Å². The summed E-state index contributed by atoms with van der Waals surface area (Å²) in [7, 11) is 0. The number of rotatable bonds is 5. The average Bonchev–Trinajstić information content (AvgIpc) is 3.25. The molecule has 0 aliphatic heterocycles. The van der Waals surface area contributed by atoms with Crippen LogP contribution in [-0.2, 0) is 13.0 Å². The molecule has 0 spiro atoms. The van der Waals surface area contributed by atoms with Crippen LogP contribution in [0, 0.1) is 0 Å². The molecular weight excluding hydrogens is 352 g/mol. The molecule has 2 aromatic carbocycles. The number of hydrogen-bond donors (Lipinski definition) is 1. The first kappa shape index (κ1) is 17.4. The van der Waals surface area contributed by atoms with Gasteiger partial charge in [-0.1, -0.05) is 61.5 Å². The molecule has 2 aromatic heterocycles. The monoisotopic (exact) mass is 372 g/mol. The van der Waals surface area contributed by atoms with E-state index in [9.17, 15) is 4.79 Å². The highest BCUT2D eigenvalue weighted by molar-refractivity contribution is 7.09. The summed E-state index contributed by atoms with van der Waals surface area (Å²) in [6, 6.07) is 22.0. The topological polar surface area (TPSA) is 42.0 Å². The number of benzene rings is 2. The lowest BCUT2D eigenvalue weighted by molar-refractivity contribution is 0.0952. The first-order valence-electron chi connectivity index (χ1n) is 9.05. The number of aromatic nitrogens is 1. The Morgan fingerprint density at radius 2 is 1.78 bits per heavy atom. The molecule has 0 unspecified atom stereocenters. The summed E-state index contributed by atoms with van der Waals surface area (Å²) in [5.41, 5.74) is 4.49. The summed E-state index contributed by atoms with van der Waals surface area (Å²) in [5, 5.41) is 6.01. The van der Waals surface area contributed by atoms with E-state index in [1.165, 1.54) is 0 Å². The number of fused-ring (bicyclic) bond motifs is 1. The van der Waals surface area contributed by atoms with E-state index in [1.807, 2.05) is 72.1 Å². The quantitative estimate of drug-likeness (QED) is 0.506. The predicted molar refractivity (Wildman–Crippen MR) is 112 cm³/mol. The van der Waals surface area contributed by atoms with Crippen molar-refractivity contribution in [2.75, 3.05) is 0 Å². The summed E-state index contributed by atoms with van der Waals surface area (Å²) in [4.78, 5) is 19.2. The van der Waals surface area contributed by atoms with Crippen LogP contribution in [0.15, 0.2) is 72.1 Å². The highest BCUT2D eigenvalue weighted by Gasteiger charge is 2.20. The van der Waals surface area contributed by atoms with Crippen LogP contribution in [0.5, 0.6) is 0 Å². The number of hydrogen-bond acceptors (Lipinski definition) is 3. The smallest absolute Gasteiger partial charge is 0.252 e. The van der Waals surface area contributed by atoms with E-state index in [2.05, 4.69) is 12.2 Å².